The highest BCUT2D eigenvalue weighted by atomic mass is 19.1. The van der Waals surface area contributed by atoms with Crippen LogP contribution in [0.25, 0.3) is 10.9 Å². The number of piperidine rings is 1. The number of hydrogen-bond acceptors (Lipinski definition) is 4. The summed E-state index contributed by atoms with van der Waals surface area (Å²) < 4.78 is 21.3. The average molecular weight is 348 g/mol. The van der Waals surface area contributed by atoms with E-state index in [4.69, 9.17) is 4.74 Å². The number of carboxylic acid groups (broad SMARTS) is 1. The van der Waals surface area contributed by atoms with Crippen LogP contribution in [-0.4, -0.2) is 41.7 Å². The van der Waals surface area contributed by atoms with Gasteiger partial charge in [-0.15, -0.1) is 0 Å². The number of fused-ring (bicyclic) bond motifs is 1. The maximum atomic E-state index is 14.8. The summed E-state index contributed by atoms with van der Waals surface area (Å²) >= 11 is 0. The van der Waals surface area contributed by atoms with Gasteiger partial charge in [-0.1, -0.05) is 0 Å². The van der Waals surface area contributed by atoms with Crippen LogP contribution in [0, 0.1) is 18.7 Å². The third kappa shape index (κ3) is 3.00. The van der Waals surface area contributed by atoms with Gasteiger partial charge >= 0.3 is 5.97 Å². The Bertz CT molecular complexity index is 837. The summed E-state index contributed by atoms with van der Waals surface area (Å²) in [7, 11) is 1.35. The monoisotopic (exact) mass is 348 g/mol. The van der Waals surface area contributed by atoms with Crippen LogP contribution in [-0.2, 0) is 11.2 Å². The molecular formula is C18H21FN2O4. The maximum Gasteiger partial charge on any atom is 0.307 e. The highest BCUT2D eigenvalue weighted by Crippen LogP contribution is 2.34. The summed E-state index contributed by atoms with van der Waals surface area (Å²) in [4.78, 5) is 24.3. The van der Waals surface area contributed by atoms with Crippen molar-refractivity contribution in [3.05, 3.63) is 29.2 Å². The molecule has 0 spiro atoms. The summed E-state index contributed by atoms with van der Waals surface area (Å²) in [6.07, 6.45) is 1.08. The van der Waals surface area contributed by atoms with Crippen LogP contribution in [0.3, 0.4) is 0 Å². The predicted molar refractivity (Wildman–Crippen MR) is 90.7 cm³/mol. The largest absolute Gasteiger partial charge is 0.494 e. The Morgan fingerprint density at radius 2 is 2.04 bits per heavy atom. The number of carbonyl (C=O) groups is 2. The summed E-state index contributed by atoms with van der Waals surface area (Å²) in [6, 6.07) is 3.09. The predicted octanol–water partition coefficient (Wildman–Crippen LogP) is 2.36. The number of halogens is 1. The van der Waals surface area contributed by atoms with Gasteiger partial charge in [-0.3, -0.25) is 14.2 Å². The average Bonchev–Trinajstić information content (AvgIpc) is 2.87. The Kier molecular flexibility index (Phi) is 4.76. The summed E-state index contributed by atoms with van der Waals surface area (Å²) in [5, 5.41) is 12.6. The molecule has 1 aromatic carbocycles. The zero-order valence-corrected chi connectivity index (χ0v) is 14.3. The number of hydrogen-bond donors (Lipinski definition) is 2. The molecule has 1 saturated heterocycles. The van der Waals surface area contributed by atoms with Gasteiger partial charge in [0.1, 0.15) is 0 Å². The molecule has 0 bridgehead atoms. The maximum absolute atomic E-state index is 14.8. The molecule has 0 amide bonds. The SMILES string of the molecule is COc1ccc2c(c1F)c(CC(=O)O)c(C)n2C(=O)C1CCNCC1. The van der Waals surface area contributed by atoms with Crippen molar-refractivity contribution in [1.82, 2.24) is 9.88 Å². The molecule has 6 nitrogen and oxygen atoms in total. The molecule has 3 rings (SSSR count). The van der Waals surface area contributed by atoms with Crippen LogP contribution in [0.1, 0.15) is 28.9 Å². The fourth-order valence-electron chi connectivity index (χ4n) is 3.58. The smallest absolute Gasteiger partial charge is 0.307 e. The van der Waals surface area contributed by atoms with Crippen LogP contribution in [0.5, 0.6) is 5.75 Å². The van der Waals surface area contributed by atoms with Crippen molar-refractivity contribution in [1.29, 1.82) is 0 Å². The van der Waals surface area contributed by atoms with Crippen LogP contribution in [0.15, 0.2) is 12.1 Å². The Morgan fingerprint density at radius 3 is 2.64 bits per heavy atom. The summed E-state index contributed by atoms with van der Waals surface area (Å²) in [5.74, 6) is -1.93. The molecule has 0 radical (unpaired) electrons. The molecule has 7 heteroatoms. The Labute approximate surface area is 144 Å². The van der Waals surface area contributed by atoms with Gasteiger partial charge < -0.3 is 15.2 Å². The Morgan fingerprint density at radius 1 is 1.36 bits per heavy atom. The minimum absolute atomic E-state index is 0.0330. The summed E-state index contributed by atoms with van der Waals surface area (Å²) in [5.41, 5.74) is 1.20. The van der Waals surface area contributed by atoms with E-state index < -0.39 is 11.8 Å². The normalized spacial score (nSPS) is 15.5. The van der Waals surface area contributed by atoms with E-state index in [9.17, 15) is 19.1 Å². The molecule has 2 aromatic rings. The number of nitrogens with one attached hydrogen (secondary N) is 1. The van der Waals surface area contributed by atoms with Crippen molar-refractivity contribution in [3.8, 4) is 5.75 Å². The quantitative estimate of drug-likeness (QED) is 0.887. The topological polar surface area (TPSA) is 80.6 Å². The molecule has 1 aliphatic heterocycles. The van der Waals surface area contributed by atoms with Crippen molar-refractivity contribution < 1.29 is 23.8 Å². The van der Waals surface area contributed by atoms with Gasteiger partial charge in [0.05, 0.1) is 19.0 Å². The molecule has 0 unspecified atom stereocenters. The first kappa shape index (κ1) is 17.4. The van der Waals surface area contributed by atoms with Gasteiger partial charge in [-0.25, -0.2) is 4.39 Å². The van der Waals surface area contributed by atoms with Gasteiger partial charge in [0.15, 0.2) is 11.6 Å². The molecule has 0 atom stereocenters. The third-order valence-corrected chi connectivity index (χ3v) is 4.86. The van der Waals surface area contributed by atoms with E-state index in [0.717, 1.165) is 13.1 Å². The van der Waals surface area contributed by atoms with Crippen molar-refractivity contribution >= 4 is 22.8 Å². The zero-order chi connectivity index (χ0) is 18.1. The first-order valence-corrected chi connectivity index (χ1v) is 8.28. The van der Waals surface area contributed by atoms with E-state index in [1.807, 2.05) is 0 Å². The van der Waals surface area contributed by atoms with Crippen LogP contribution in [0.4, 0.5) is 4.39 Å². The molecule has 1 fully saturated rings. The number of ether oxygens (including phenoxy) is 1. The van der Waals surface area contributed by atoms with Crippen LogP contribution >= 0.6 is 0 Å². The second-order valence-electron chi connectivity index (χ2n) is 6.31. The Balaban J connectivity index is 2.21. The van der Waals surface area contributed by atoms with Gasteiger partial charge in [0.25, 0.3) is 0 Å². The van der Waals surface area contributed by atoms with Crippen molar-refractivity contribution in [2.24, 2.45) is 5.92 Å². The number of aromatic nitrogens is 1. The highest BCUT2D eigenvalue weighted by Gasteiger charge is 2.29. The van der Waals surface area contributed by atoms with Gasteiger partial charge in [0, 0.05) is 17.0 Å². The molecule has 134 valence electrons. The fraction of sp³-hybridized carbons (Fsp3) is 0.444. The molecule has 2 heterocycles. The molecule has 0 saturated carbocycles. The van der Waals surface area contributed by atoms with Gasteiger partial charge in [-0.2, -0.15) is 0 Å². The molecule has 1 aliphatic rings. The van der Waals surface area contributed by atoms with Crippen molar-refractivity contribution in [2.75, 3.05) is 20.2 Å². The number of benzene rings is 1. The minimum Gasteiger partial charge on any atom is -0.494 e. The van der Waals surface area contributed by atoms with E-state index >= 15 is 0 Å². The van der Waals surface area contributed by atoms with Crippen LogP contribution in [0.2, 0.25) is 0 Å². The second-order valence-corrected chi connectivity index (χ2v) is 6.31. The zero-order valence-electron chi connectivity index (χ0n) is 14.3. The van der Waals surface area contributed by atoms with Crippen molar-refractivity contribution in [3.63, 3.8) is 0 Å². The van der Waals surface area contributed by atoms with Gasteiger partial charge in [-0.05, 0) is 50.6 Å². The molecule has 25 heavy (non-hydrogen) atoms. The minimum atomic E-state index is -1.07. The lowest BCUT2D eigenvalue weighted by Gasteiger charge is -2.22. The van der Waals surface area contributed by atoms with E-state index in [0.29, 0.717) is 29.6 Å². The third-order valence-electron chi connectivity index (χ3n) is 4.86. The lowest BCUT2D eigenvalue weighted by atomic mass is 9.97. The second kappa shape index (κ2) is 6.84. The standard InChI is InChI=1S/C18H21FN2O4/c1-10-12(9-15(22)23)16-13(3-4-14(25-2)17(16)19)21(10)18(24)11-5-7-20-8-6-11/h3-4,11,20H,5-9H2,1-2H3,(H,22,23). The highest BCUT2D eigenvalue weighted by molar-refractivity contribution is 5.99. The Hall–Kier alpha value is -2.41. The van der Waals surface area contributed by atoms with Crippen molar-refractivity contribution in [2.45, 2.75) is 26.2 Å². The van der Waals surface area contributed by atoms with E-state index in [2.05, 4.69) is 5.32 Å². The van der Waals surface area contributed by atoms with Gasteiger partial charge in [0.2, 0.25) is 5.91 Å². The number of rotatable bonds is 4. The van der Waals surface area contributed by atoms with E-state index in [1.54, 1.807) is 13.0 Å². The number of aliphatic carboxylic acids is 1. The number of carbonyl (C=O) groups excluding carboxylic acids is 1. The molecule has 2 N–H and O–H groups in total. The summed E-state index contributed by atoms with van der Waals surface area (Å²) in [6.45, 7) is 3.20. The molecule has 0 aliphatic carbocycles. The molecule has 1 aromatic heterocycles. The lowest BCUT2D eigenvalue weighted by Crippen LogP contribution is -2.34. The van der Waals surface area contributed by atoms with E-state index in [-0.39, 0.29) is 29.4 Å². The van der Waals surface area contributed by atoms with Crippen LogP contribution < -0.4 is 10.1 Å². The number of carboxylic acids is 1. The number of nitrogens with zero attached hydrogens (tertiary/aromatic N) is 1. The lowest BCUT2D eigenvalue weighted by molar-refractivity contribution is -0.136. The number of methoxy groups -OCH3 is 1. The molecular weight excluding hydrogens is 327 g/mol. The van der Waals surface area contributed by atoms with E-state index in [1.165, 1.54) is 17.7 Å². The first-order valence-electron chi connectivity index (χ1n) is 8.28. The first-order chi connectivity index (χ1) is 12.0. The fourth-order valence-corrected chi connectivity index (χ4v) is 3.58.